The molecule has 0 aliphatic rings. The maximum Gasteiger partial charge on any atom is 0.0485 e. The third-order valence-corrected chi connectivity index (χ3v) is 2.72. The molecule has 0 unspecified atom stereocenters. The topological polar surface area (TPSA) is 29.9 Å². The molecule has 3 nitrogen and oxygen atoms in total. The van der Waals surface area contributed by atoms with Gasteiger partial charge >= 0.3 is 0 Å². The van der Waals surface area contributed by atoms with E-state index >= 15 is 0 Å². The van der Waals surface area contributed by atoms with Gasteiger partial charge in [0.25, 0.3) is 0 Å². The standard InChI is InChI=1S/C15H21N3/c1-15(2,3)17-10-14-6-8-18(12-14)11-13-5-4-7-16-9-13/h4-9,12,17H,10-11H2,1-3H3. The largest absolute Gasteiger partial charge is 0.350 e. The van der Waals surface area contributed by atoms with Gasteiger partial charge in [-0.15, -0.1) is 0 Å². The van der Waals surface area contributed by atoms with Gasteiger partial charge in [0.2, 0.25) is 0 Å². The highest BCUT2D eigenvalue weighted by molar-refractivity contribution is 5.14. The van der Waals surface area contributed by atoms with Gasteiger partial charge in [-0.2, -0.15) is 0 Å². The Hall–Kier alpha value is -1.61. The number of aromatic nitrogens is 2. The van der Waals surface area contributed by atoms with Crippen LogP contribution < -0.4 is 5.32 Å². The summed E-state index contributed by atoms with van der Waals surface area (Å²) < 4.78 is 2.19. The van der Waals surface area contributed by atoms with E-state index in [9.17, 15) is 0 Å². The first kappa shape index (κ1) is 12.8. The zero-order valence-electron chi connectivity index (χ0n) is 11.4. The van der Waals surface area contributed by atoms with E-state index < -0.39 is 0 Å². The van der Waals surface area contributed by atoms with Crippen molar-refractivity contribution in [2.24, 2.45) is 0 Å². The first-order chi connectivity index (χ1) is 8.53. The van der Waals surface area contributed by atoms with E-state index in [1.54, 1.807) is 6.20 Å². The highest BCUT2D eigenvalue weighted by Gasteiger charge is 2.08. The lowest BCUT2D eigenvalue weighted by Gasteiger charge is -2.19. The molecule has 2 heterocycles. The summed E-state index contributed by atoms with van der Waals surface area (Å²) in [6, 6.07) is 6.23. The first-order valence-corrected chi connectivity index (χ1v) is 6.31. The minimum absolute atomic E-state index is 0.158. The number of pyridine rings is 1. The number of rotatable bonds is 4. The first-order valence-electron chi connectivity index (χ1n) is 6.31. The average Bonchev–Trinajstić information content (AvgIpc) is 2.75. The Labute approximate surface area is 109 Å². The zero-order valence-corrected chi connectivity index (χ0v) is 11.4. The lowest BCUT2D eigenvalue weighted by molar-refractivity contribution is 0.424. The maximum absolute atomic E-state index is 4.13. The molecule has 0 aliphatic heterocycles. The van der Waals surface area contributed by atoms with Crippen LogP contribution in [0.2, 0.25) is 0 Å². The molecule has 0 aromatic carbocycles. The molecule has 18 heavy (non-hydrogen) atoms. The smallest absolute Gasteiger partial charge is 0.0485 e. The van der Waals surface area contributed by atoms with E-state index in [-0.39, 0.29) is 5.54 Å². The van der Waals surface area contributed by atoms with Gasteiger partial charge < -0.3 is 9.88 Å². The molecule has 0 saturated carbocycles. The van der Waals surface area contributed by atoms with Crippen molar-refractivity contribution in [2.75, 3.05) is 0 Å². The predicted molar refractivity (Wildman–Crippen MR) is 74.4 cm³/mol. The fourth-order valence-corrected chi connectivity index (χ4v) is 1.76. The predicted octanol–water partition coefficient (Wildman–Crippen LogP) is 2.82. The number of hydrogen-bond acceptors (Lipinski definition) is 2. The highest BCUT2D eigenvalue weighted by Crippen LogP contribution is 2.07. The van der Waals surface area contributed by atoms with Crippen LogP contribution in [0.15, 0.2) is 43.0 Å². The summed E-state index contributed by atoms with van der Waals surface area (Å²) in [5.74, 6) is 0. The Morgan fingerprint density at radius 3 is 2.72 bits per heavy atom. The van der Waals surface area contributed by atoms with Gasteiger partial charge in [-0.1, -0.05) is 6.07 Å². The fourth-order valence-electron chi connectivity index (χ4n) is 1.76. The Morgan fingerprint density at radius 2 is 2.06 bits per heavy atom. The maximum atomic E-state index is 4.13. The normalized spacial score (nSPS) is 11.7. The van der Waals surface area contributed by atoms with Crippen molar-refractivity contribution in [3.05, 3.63) is 54.1 Å². The SMILES string of the molecule is CC(C)(C)NCc1ccn(Cc2cccnc2)c1. The van der Waals surface area contributed by atoms with Crippen LogP contribution in [0.4, 0.5) is 0 Å². The second kappa shape index (κ2) is 5.36. The summed E-state index contributed by atoms with van der Waals surface area (Å²) in [5, 5.41) is 3.49. The molecular formula is C15H21N3. The highest BCUT2D eigenvalue weighted by atomic mass is 15.0. The van der Waals surface area contributed by atoms with Crippen LogP contribution in [0.5, 0.6) is 0 Å². The number of hydrogen-bond donors (Lipinski definition) is 1. The summed E-state index contributed by atoms with van der Waals surface area (Å²) in [7, 11) is 0. The average molecular weight is 243 g/mol. The number of nitrogens with one attached hydrogen (secondary N) is 1. The molecule has 96 valence electrons. The van der Waals surface area contributed by atoms with Crippen molar-refractivity contribution in [3.63, 3.8) is 0 Å². The minimum atomic E-state index is 0.158. The van der Waals surface area contributed by atoms with Gasteiger partial charge in [0.05, 0.1) is 0 Å². The van der Waals surface area contributed by atoms with Gasteiger partial charge in [0.1, 0.15) is 0 Å². The molecule has 0 atom stereocenters. The van der Waals surface area contributed by atoms with Crippen LogP contribution in [0, 0.1) is 0 Å². The van der Waals surface area contributed by atoms with E-state index in [0.29, 0.717) is 0 Å². The van der Waals surface area contributed by atoms with E-state index in [2.05, 4.69) is 60.2 Å². The van der Waals surface area contributed by atoms with Crippen molar-refractivity contribution in [2.45, 2.75) is 39.4 Å². The van der Waals surface area contributed by atoms with Crippen molar-refractivity contribution in [1.29, 1.82) is 0 Å². The van der Waals surface area contributed by atoms with Crippen LogP contribution in [0.1, 0.15) is 31.9 Å². The molecular weight excluding hydrogens is 222 g/mol. The lowest BCUT2D eigenvalue weighted by atomic mass is 10.1. The molecule has 2 aromatic heterocycles. The van der Waals surface area contributed by atoms with E-state index in [1.165, 1.54) is 11.1 Å². The zero-order chi connectivity index (χ0) is 13.0. The monoisotopic (exact) mass is 243 g/mol. The van der Waals surface area contributed by atoms with E-state index in [1.807, 2.05) is 12.3 Å². The second-order valence-electron chi connectivity index (χ2n) is 5.66. The lowest BCUT2D eigenvalue weighted by Crippen LogP contribution is -2.34. The van der Waals surface area contributed by atoms with Gasteiger partial charge in [0, 0.05) is 43.4 Å². The summed E-state index contributed by atoms with van der Waals surface area (Å²) in [4.78, 5) is 4.13. The Kier molecular flexibility index (Phi) is 3.82. The second-order valence-corrected chi connectivity index (χ2v) is 5.66. The van der Waals surface area contributed by atoms with Gasteiger partial charge in [-0.25, -0.2) is 0 Å². The molecule has 3 heteroatoms. The summed E-state index contributed by atoms with van der Waals surface area (Å²) in [5.41, 5.74) is 2.70. The molecule has 2 rings (SSSR count). The van der Waals surface area contributed by atoms with E-state index in [0.717, 1.165) is 13.1 Å². The molecule has 0 bridgehead atoms. The summed E-state index contributed by atoms with van der Waals surface area (Å²) in [6.07, 6.45) is 8.02. The van der Waals surface area contributed by atoms with Gasteiger partial charge in [-0.05, 0) is 44.0 Å². The molecule has 0 saturated heterocycles. The molecule has 0 amide bonds. The van der Waals surface area contributed by atoms with Crippen molar-refractivity contribution < 1.29 is 0 Å². The molecule has 0 fully saturated rings. The third-order valence-electron chi connectivity index (χ3n) is 2.72. The molecule has 1 N–H and O–H groups in total. The Bertz CT molecular complexity index is 480. The quantitative estimate of drug-likeness (QED) is 0.895. The van der Waals surface area contributed by atoms with Crippen LogP contribution in [-0.2, 0) is 13.1 Å². The fraction of sp³-hybridized carbons (Fsp3) is 0.400. The Balaban J connectivity index is 1.94. The molecule has 0 aliphatic carbocycles. The summed E-state index contributed by atoms with van der Waals surface area (Å²) in [6.45, 7) is 8.33. The molecule has 0 spiro atoms. The number of nitrogens with zero attached hydrogens (tertiary/aromatic N) is 2. The van der Waals surface area contributed by atoms with Crippen LogP contribution in [0.25, 0.3) is 0 Å². The van der Waals surface area contributed by atoms with Crippen LogP contribution >= 0.6 is 0 Å². The van der Waals surface area contributed by atoms with Crippen molar-refractivity contribution in [3.8, 4) is 0 Å². The van der Waals surface area contributed by atoms with Gasteiger partial charge in [0.15, 0.2) is 0 Å². The Morgan fingerprint density at radius 1 is 1.22 bits per heavy atom. The summed E-state index contributed by atoms with van der Waals surface area (Å²) >= 11 is 0. The van der Waals surface area contributed by atoms with Crippen LogP contribution in [-0.4, -0.2) is 15.1 Å². The van der Waals surface area contributed by atoms with Crippen molar-refractivity contribution >= 4 is 0 Å². The third kappa shape index (κ3) is 4.00. The van der Waals surface area contributed by atoms with Gasteiger partial charge in [-0.3, -0.25) is 4.98 Å². The minimum Gasteiger partial charge on any atom is -0.350 e. The van der Waals surface area contributed by atoms with E-state index in [4.69, 9.17) is 0 Å². The molecule has 2 aromatic rings. The van der Waals surface area contributed by atoms with Crippen molar-refractivity contribution in [1.82, 2.24) is 14.9 Å². The van der Waals surface area contributed by atoms with Crippen LogP contribution in [0.3, 0.4) is 0 Å². The molecule has 0 radical (unpaired) electrons.